The molecule has 7 heteroatoms. The zero-order chi connectivity index (χ0) is 19.2. The van der Waals surface area contributed by atoms with E-state index in [0.717, 1.165) is 6.42 Å². The third kappa shape index (κ3) is 4.90. The Morgan fingerprint density at radius 2 is 1.89 bits per heavy atom. The molecule has 0 aliphatic heterocycles. The molecule has 0 radical (unpaired) electrons. The molecule has 0 fully saturated rings. The molecule has 27 heavy (non-hydrogen) atoms. The number of carbonyl (C=O) groups is 1. The van der Waals surface area contributed by atoms with Gasteiger partial charge in [-0.25, -0.2) is 0 Å². The molecule has 0 unspecified atom stereocenters. The largest absolute Gasteiger partial charge is 0.484 e. The van der Waals surface area contributed by atoms with Crippen molar-refractivity contribution in [2.45, 2.75) is 25.1 Å². The maximum atomic E-state index is 12.4. The van der Waals surface area contributed by atoms with Crippen molar-refractivity contribution in [1.29, 1.82) is 0 Å². The van der Waals surface area contributed by atoms with Crippen LogP contribution in [-0.2, 0) is 20.1 Å². The van der Waals surface area contributed by atoms with Crippen LogP contribution in [0.1, 0.15) is 28.7 Å². The van der Waals surface area contributed by atoms with E-state index in [1.807, 2.05) is 48.0 Å². The minimum Gasteiger partial charge on any atom is -0.484 e. The number of halogens is 1. The van der Waals surface area contributed by atoms with Crippen LogP contribution in [0.25, 0.3) is 0 Å². The van der Waals surface area contributed by atoms with Crippen LogP contribution in [0.5, 0.6) is 5.75 Å². The van der Waals surface area contributed by atoms with Crippen LogP contribution in [0, 0.1) is 0 Å². The van der Waals surface area contributed by atoms with Gasteiger partial charge in [-0.15, -0.1) is 10.2 Å². The van der Waals surface area contributed by atoms with Crippen molar-refractivity contribution in [2.75, 3.05) is 5.75 Å². The van der Waals surface area contributed by atoms with Crippen molar-refractivity contribution in [3.05, 3.63) is 70.5 Å². The molecule has 0 aliphatic rings. The number of ketones is 1. The first-order valence-corrected chi connectivity index (χ1v) is 9.95. The number of Topliss-reactive ketones (excluding diaryl/α,β-unsaturated/α-hetero) is 1. The SMILES string of the molecule is CCc1ccc(C(=O)CSc2nnc(COc3ccccc3Cl)n2C)cc1. The lowest BCUT2D eigenvalue weighted by atomic mass is 10.1. The second-order valence-electron chi connectivity index (χ2n) is 5.94. The topological polar surface area (TPSA) is 57.0 Å². The van der Waals surface area contributed by atoms with Gasteiger partial charge in [0, 0.05) is 12.6 Å². The summed E-state index contributed by atoms with van der Waals surface area (Å²) in [5.74, 6) is 1.64. The van der Waals surface area contributed by atoms with Crippen LogP contribution in [0.15, 0.2) is 53.7 Å². The molecule has 0 amide bonds. The predicted molar refractivity (Wildman–Crippen MR) is 108 cm³/mol. The number of ether oxygens (including phenoxy) is 1. The van der Waals surface area contributed by atoms with Crippen molar-refractivity contribution in [2.24, 2.45) is 7.05 Å². The fraction of sp³-hybridized carbons (Fsp3) is 0.250. The minimum absolute atomic E-state index is 0.0690. The van der Waals surface area contributed by atoms with E-state index in [2.05, 4.69) is 17.1 Å². The lowest BCUT2D eigenvalue weighted by molar-refractivity contribution is 0.102. The molecule has 140 valence electrons. The third-order valence-electron chi connectivity index (χ3n) is 4.14. The second kappa shape index (κ2) is 9.06. The number of hydrogen-bond donors (Lipinski definition) is 0. The summed E-state index contributed by atoms with van der Waals surface area (Å²) in [6, 6.07) is 15.0. The standard InChI is InChI=1S/C20H20ClN3O2S/c1-3-14-8-10-15(11-9-14)17(25)13-27-20-23-22-19(24(20)2)12-26-18-7-5-4-6-16(18)21/h4-11H,3,12-13H2,1-2H3. The van der Waals surface area contributed by atoms with Crippen LogP contribution < -0.4 is 4.74 Å². The Balaban J connectivity index is 1.58. The summed E-state index contributed by atoms with van der Waals surface area (Å²) < 4.78 is 7.53. The maximum absolute atomic E-state index is 12.4. The van der Waals surface area contributed by atoms with Gasteiger partial charge in [0.05, 0.1) is 10.8 Å². The van der Waals surface area contributed by atoms with E-state index in [1.165, 1.54) is 17.3 Å². The summed E-state index contributed by atoms with van der Waals surface area (Å²) in [6.45, 7) is 2.34. The van der Waals surface area contributed by atoms with Crippen LogP contribution in [0.3, 0.4) is 0 Å². The molecule has 1 aromatic heterocycles. The van der Waals surface area contributed by atoms with Gasteiger partial charge < -0.3 is 9.30 Å². The summed E-state index contributed by atoms with van der Waals surface area (Å²) in [6.07, 6.45) is 0.960. The molecule has 0 bridgehead atoms. The molecular weight excluding hydrogens is 382 g/mol. The average molecular weight is 402 g/mol. The molecule has 0 N–H and O–H groups in total. The van der Waals surface area contributed by atoms with Gasteiger partial charge in [0.2, 0.25) is 0 Å². The van der Waals surface area contributed by atoms with E-state index in [-0.39, 0.29) is 12.4 Å². The molecule has 0 spiro atoms. The van der Waals surface area contributed by atoms with Crippen molar-refractivity contribution in [3.63, 3.8) is 0 Å². The van der Waals surface area contributed by atoms with Crippen molar-refractivity contribution in [1.82, 2.24) is 14.8 Å². The second-order valence-corrected chi connectivity index (χ2v) is 7.29. The van der Waals surface area contributed by atoms with Gasteiger partial charge in [-0.1, -0.05) is 66.7 Å². The maximum Gasteiger partial charge on any atom is 0.191 e. The van der Waals surface area contributed by atoms with Crippen LogP contribution in [0.4, 0.5) is 0 Å². The summed E-state index contributed by atoms with van der Waals surface area (Å²) in [5, 5.41) is 9.52. The predicted octanol–water partition coefficient (Wildman–Crippen LogP) is 4.58. The van der Waals surface area contributed by atoms with Crippen LogP contribution in [0.2, 0.25) is 5.02 Å². The van der Waals surface area contributed by atoms with Gasteiger partial charge in [0.15, 0.2) is 16.8 Å². The molecular formula is C20H20ClN3O2S. The molecule has 0 atom stereocenters. The number of aromatic nitrogens is 3. The Morgan fingerprint density at radius 1 is 1.15 bits per heavy atom. The summed E-state index contributed by atoms with van der Waals surface area (Å²) in [5.41, 5.74) is 1.93. The number of hydrogen-bond acceptors (Lipinski definition) is 5. The van der Waals surface area contributed by atoms with E-state index in [4.69, 9.17) is 16.3 Å². The highest BCUT2D eigenvalue weighted by Gasteiger charge is 2.13. The molecule has 3 aromatic rings. The highest BCUT2D eigenvalue weighted by Crippen LogP contribution is 2.24. The molecule has 1 heterocycles. The van der Waals surface area contributed by atoms with E-state index in [0.29, 0.717) is 33.1 Å². The number of nitrogens with zero attached hydrogens (tertiary/aromatic N) is 3. The first kappa shape index (κ1) is 19.5. The summed E-state index contributed by atoms with van der Waals surface area (Å²) in [7, 11) is 1.86. The monoisotopic (exact) mass is 401 g/mol. The fourth-order valence-electron chi connectivity index (χ4n) is 2.44. The van der Waals surface area contributed by atoms with Crippen molar-refractivity contribution < 1.29 is 9.53 Å². The van der Waals surface area contributed by atoms with Gasteiger partial charge in [0.1, 0.15) is 12.4 Å². The van der Waals surface area contributed by atoms with Crippen LogP contribution >= 0.6 is 23.4 Å². The normalized spacial score (nSPS) is 10.8. The van der Waals surface area contributed by atoms with Crippen LogP contribution in [-0.4, -0.2) is 26.3 Å². The average Bonchev–Trinajstić information content (AvgIpc) is 3.05. The van der Waals surface area contributed by atoms with Crippen molar-refractivity contribution in [3.8, 4) is 5.75 Å². The van der Waals surface area contributed by atoms with E-state index in [9.17, 15) is 4.79 Å². The zero-order valence-corrected chi connectivity index (χ0v) is 16.8. The van der Waals surface area contributed by atoms with Gasteiger partial charge in [0.25, 0.3) is 0 Å². The number of carbonyl (C=O) groups excluding carboxylic acids is 1. The number of para-hydroxylation sites is 1. The van der Waals surface area contributed by atoms with Gasteiger partial charge in [-0.05, 0) is 24.1 Å². The van der Waals surface area contributed by atoms with E-state index in [1.54, 1.807) is 12.1 Å². The Bertz CT molecular complexity index is 925. The lowest BCUT2D eigenvalue weighted by Gasteiger charge is -2.07. The minimum atomic E-state index is 0.0690. The first-order valence-electron chi connectivity index (χ1n) is 8.59. The Hall–Kier alpha value is -2.31. The highest BCUT2D eigenvalue weighted by atomic mass is 35.5. The zero-order valence-electron chi connectivity index (χ0n) is 15.2. The number of aryl methyl sites for hydroxylation is 1. The smallest absolute Gasteiger partial charge is 0.191 e. The van der Waals surface area contributed by atoms with Gasteiger partial charge in [-0.3, -0.25) is 4.79 Å². The Morgan fingerprint density at radius 3 is 2.59 bits per heavy atom. The molecule has 0 aliphatic carbocycles. The summed E-state index contributed by atoms with van der Waals surface area (Å²) >= 11 is 7.45. The first-order chi connectivity index (χ1) is 13.1. The highest BCUT2D eigenvalue weighted by molar-refractivity contribution is 7.99. The molecule has 3 rings (SSSR count). The Kier molecular flexibility index (Phi) is 6.53. The van der Waals surface area contributed by atoms with E-state index < -0.39 is 0 Å². The molecule has 0 saturated carbocycles. The number of rotatable bonds is 8. The third-order valence-corrected chi connectivity index (χ3v) is 5.47. The lowest BCUT2D eigenvalue weighted by Crippen LogP contribution is -2.06. The number of benzene rings is 2. The summed E-state index contributed by atoms with van der Waals surface area (Å²) in [4.78, 5) is 12.4. The van der Waals surface area contributed by atoms with Crippen molar-refractivity contribution >= 4 is 29.1 Å². The van der Waals surface area contributed by atoms with E-state index >= 15 is 0 Å². The molecule has 5 nitrogen and oxygen atoms in total. The molecule has 2 aromatic carbocycles. The molecule has 0 saturated heterocycles. The van der Waals surface area contributed by atoms with Gasteiger partial charge >= 0.3 is 0 Å². The Labute approximate surface area is 167 Å². The fourth-order valence-corrected chi connectivity index (χ4v) is 3.46. The van der Waals surface area contributed by atoms with Gasteiger partial charge in [-0.2, -0.15) is 0 Å². The quantitative estimate of drug-likeness (QED) is 0.408. The number of thioether (sulfide) groups is 1.